The van der Waals surface area contributed by atoms with E-state index < -0.39 is 0 Å². The third-order valence-electron chi connectivity index (χ3n) is 2.23. The van der Waals surface area contributed by atoms with Crippen molar-refractivity contribution < 1.29 is 9.84 Å². The van der Waals surface area contributed by atoms with Crippen LogP contribution in [0, 0.1) is 6.92 Å². The maximum Gasteiger partial charge on any atom is 0.0805 e. The molecule has 0 aromatic carbocycles. The van der Waals surface area contributed by atoms with Gasteiger partial charge in [0.05, 0.1) is 12.7 Å². The van der Waals surface area contributed by atoms with Crippen LogP contribution in [-0.2, 0) is 11.2 Å². The average Bonchev–Trinajstić information content (AvgIpc) is 2.22. The van der Waals surface area contributed by atoms with Gasteiger partial charge in [-0.25, -0.2) is 0 Å². The number of ether oxygens (including phenoxy) is 1. The summed E-state index contributed by atoms with van der Waals surface area (Å²) >= 11 is 0. The first-order chi connectivity index (χ1) is 6.76. The second-order valence-corrected chi connectivity index (χ2v) is 3.41. The van der Waals surface area contributed by atoms with Gasteiger partial charge in [-0.1, -0.05) is 6.07 Å². The lowest BCUT2D eigenvalue weighted by Crippen LogP contribution is -2.16. The van der Waals surface area contributed by atoms with E-state index in [0.29, 0.717) is 0 Å². The summed E-state index contributed by atoms with van der Waals surface area (Å²) in [5.41, 5.74) is 2.21. The van der Waals surface area contributed by atoms with Crippen LogP contribution >= 0.6 is 0 Å². The number of aryl methyl sites for hydroxylation is 2. The summed E-state index contributed by atoms with van der Waals surface area (Å²) in [6, 6.07) is 4.06. The van der Waals surface area contributed by atoms with E-state index in [1.54, 1.807) is 7.11 Å². The van der Waals surface area contributed by atoms with E-state index in [0.717, 1.165) is 18.5 Å². The molecule has 0 aliphatic rings. The minimum atomic E-state index is -0.0712. The first-order valence-electron chi connectivity index (χ1n) is 4.81. The Morgan fingerprint density at radius 2 is 2.29 bits per heavy atom. The van der Waals surface area contributed by atoms with Gasteiger partial charge in [0.2, 0.25) is 0 Å². The van der Waals surface area contributed by atoms with Crippen LogP contribution in [0.25, 0.3) is 0 Å². The predicted molar refractivity (Wildman–Crippen MR) is 55.2 cm³/mol. The van der Waals surface area contributed by atoms with Gasteiger partial charge < -0.3 is 9.84 Å². The van der Waals surface area contributed by atoms with Crippen LogP contribution in [-0.4, -0.2) is 29.9 Å². The SMILES string of the molecule is COC(CO)CCc1ccc(C)cn1. The molecule has 1 rings (SSSR count). The molecule has 1 atom stereocenters. The molecule has 1 heterocycles. The van der Waals surface area contributed by atoms with E-state index in [1.165, 1.54) is 5.56 Å². The smallest absolute Gasteiger partial charge is 0.0805 e. The number of aromatic nitrogens is 1. The van der Waals surface area contributed by atoms with E-state index in [-0.39, 0.29) is 12.7 Å². The summed E-state index contributed by atoms with van der Waals surface area (Å²) in [6.45, 7) is 2.09. The van der Waals surface area contributed by atoms with Crippen molar-refractivity contribution in [1.82, 2.24) is 4.98 Å². The van der Waals surface area contributed by atoms with Crippen molar-refractivity contribution in [2.24, 2.45) is 0 Å². The molecule has 1 N–H and O–H groups in total. The molecule has 3 heteroatoms. The third-order valence-corrected chi connectivity index (χ3v) is 2.23. The van der Waals surface area contributed by atoms with Crippen molar-refractivity contribution in [3.63, 3.8) is 0 Å². The third kappa shape index (κ3) is 3.44. The Bertz CT molecular complexity index is 254. The average molecular weight is 195 g/mol. The number of hydrogen-bond donors (Lipinski definition) is 1. The molecule has 1 aromatic heterocycles. The monoisotopic (exact) mass is 195 g/mol. The molecule has 1 unspecified atom stereocenters. The molecule has 0 saturated carbocycles. The van der Waals surface area contributed by atoms with Gasteiger partial charge in [0.1, 0.15) is 0 Å². The molecule has 0 amide bonds. The first-order valence-corrected chi connectivity index (χ1v) is 4.81. The molecule has 0 aliphatic carbocycles. The summed E-state index contributed by atoms with van der Waals surface area (Å²) in [4.78, 5) is 4.28. The normalized spacial score (nSPS) is 12.8. The van der Waals surface area contributed by atoms with Gasteiger partial charge in [0.15, 0.2) is 0 Å². The molecule has 0 fully saturated rings. The topological polar surface area (TPSA) is 42.4 Å². The number of aliphatic hydroxyl groups excluding tert-OH is 1. The molecule has 78 valence electrons. The van der Waals surface area contributed by atoms with Crippen LogP contribution in [0.3, 0.4) is 0 Å². The van der Waals surface area contributed by atoms with Gasteiger partial charge in [-0.2, -0.15) is 0 Å². The van der Waals surface area contributed by atoms with E-state index in [2.05, 4.69) is 4.98 Å². The number of methoxy groups -OCH3 is 1. The standard InChI is InChI=1S/C11H17NO2/c1-9-3-4-10(12-7-9)5-6-11(8-13)14-2/h3-4,7,11,13H,5-6,8H2,1-2H3. The van der Waals surface area contributed by atoms with Crippen molar-refractivity contribution in [1.29, 1.82) is 0 Å². The lowest BCUT2D eigenvalue weighted by Gasteiger charge is -2.11. The van der Waals surface area contributed by atoms with Crippen molar-refractivity contribution in [3.05, 3.63) is 29.6 Å². The fraction of sp³-hybridized carbons (Fsp3) is 0.545. The summed E-state index contributed by atoms with van der Waals surface area (Å²) in [7, 11) is 1.61. The number of aliphatic hydroxyl groups is 1. The minimum absolute atomic E-state index is 0.0712. The Kier molecular flexibility index (Phi) is 4.56. The van der Waals surface area contributed by atoms with Crippen molar-refractivity contribution >= 4 is 0 Å². The fourth-order valence-electron chi connectivity index (χ4n) is 1.24. The Hall–Kier alpha value is -0.930. The zero-order valence-corrected chi connectivity index (χ0v) is 8.73. The lowest BCUT2D eigenvalue weighted by molar-refractivity contribution is 0.0434. The largest absolute Gasteiger partial charge is 0.394 e. The second-order valence-electron chi connectivity index (χ2n) is 3.41. The van der Waals surface area contributed by atoms with Crippen molar-refractivity contribution in [3.8, 4) is 0 Å². The Balaban J connectivity index is 2.41. The van der Waals surface area contributed by atoms with Crippen LogP contribution in [0.1, 0.15) is 17.7 Å². The zero-order chi connectivity index (χ0) is 10.4. The Morgan fingerprint density at radius 3 is 2.79 bits per heavy atom. The quantitative estimate of drug-likeness (QED) is 0.770. The Labute approximate surface area is 84.7 Å². The molecule has 0 aliphatic heterocycles. The highest BCUT2D eigenvalue weighted by atomic mass is 16.5. The zero-order valence-electron chi connectivity index (χ0n) is 8.73. The van der Waals surface area contributed by atoms with E-state index in [9.17, 15) is 0 Å². The van der Waals surface area contributed by atoms with E-state index in [1.807, 2.05) is 25.3 Å². The molecule has 0 bridgehead atoms. The summed E-state index contributed by atoms with van der Waals surface area (Å²) in [5.74, 6) is 0. The molecular formula is C11H17NO2. The first kappa shape index (κ1) is 11.1. The number of nitrogens with zero attached hydrogens (tertiary/aromatic N) is 1. The molecular weight excluding hydrogens is 178 g/mol. The summed E-state index contributed by atoms with van der Waals surface area (Å²) < 4.78 is 5.07. The maximum atomic E-state index is 8.90. The molecule has 0 saturated heterocycles. The summed E-state index contributed by atoms with van der Waals surface area (Å²) in [5, 5.41) is 8.90. The van der Waals surface area contributed by atoms with Gasteiger partial charge in [0.25, 0.3) is 0 Å². The second kappa shape index (κ2) is 5.73. The van der Waals surface area contributed by atoms with Crippen LogP contribution < -0.4 is 0 Å². The van der Waals surface area contributed by atoms with Gasteiger partial charge in [-0.15, -0.1) is 0 Å². The predicted octanol–water partition coefficient (Wildman–Crippen LogP) is 1.33. The maximum absolute atomic E-state index is 8.90. The fourth-order valence-corrected chi connectivity index (χ4v) is 1.24. The highest BCUT2D eigenvalue weighted by Crippen LogP contribution is 2.05. The number of hydrogen-bond acceptors (Lipinski definition) is 3. The van der Waals surface area contributed by atoms with Crippen molar-refractivity contribution in [2.75, 3.05) is 13.7 Å². The molecule has 0 radical (unpaired) electrons. The van der Waals surface area contributed by atoms with Gasteiger partial charge >= 0.3 is 0 Å². The highest BCUT2D eigenvalue weighted by molar-refractivity contribution is 5.12. The Morgan fingerprint density at radius 1 is 1.50 bits per heavy atom. The van der Waals surface area contributed by atoms with Crippen LogP contribution in [0.4, 0.5) is 0 Å². The van der Waals surface area contributed by atoms with Crippen LogP contribution in [0.2, 0.25) is 0 Å². The number of pyridine rings is 1. The van der Waals surface area contributed by atoms with E-state index in [4.69, 9.17) is 9.84 Å². The molecule has 14 heavy (non-hydrogen) atoms. The van der Waals surface area contributed by atoms with Gasteiger partial charge in [0, 0.05) is 19.0 Å². The van der Waals surface area contributed by atoms with Crippen LogP contribution in [0.15, 0.2) is 18.3 Å². The van der Waals surface area contributed by atoms with Gasteiger partial charge in [-0.3, -0.25) is 4.98 Å². The minimum Gasteiger partial charge on any atom is -0.394 e. The molecule has 3 nitrogen and oxygen atoms in total. The summed E-state index contributed by atoms with van der Waals surface area (Å²) in [6.07, 6.45) is 3.44. The highest BCUT2D eigenvalue weighted by Gasteiger charge is 2.05. The molecule has 0 spiro atoms. The van der Waals surface area contributed by atoms with Gasteiger partial charge in [-0.05, 0) is 31.4 Å². The van der Waals surface area contributed by atoms with E-state index >= 15 is 0 Å². The van der Waals surface area contributed by atoms with Crippen molar-refractivity contribution in [2.45, 2.75) is 25.9 Å². The van der Waals surface area contributed by atoms with Crippen LogP contribution in [0.5, 0.6) is 0 Å². The number of rotatable bonds is 5. The molecule has 1 aromatic rings. The lowest BCUT2D eigenvalue weighted by atomic mass is 10.1.